The standard InChI is InChI=1S/C19H18ClN2O3P/c1-26(2,25)11-12-4-3-5-15(19(23)24)18(12)22-16-8-9-21-17-10-13(20)6-7-14(16)17/h3-10H,11H2,1-2H3,(H,21,22)(H,23,24). The van der Waals surface area contributed by atoms with Crippen molar-refractivity contribution < 1.29 is 14.5 Å². The van der Waals surface area contributed by atoms with Crippen LogP contribution >= 0.6 is 18.7 Å². The number of benzene rings is 2. The summed E-state index contributed by atoms with van der Waals surface area (Å²) in [6, 6.07) is 12.1. The smallest absolute Gasteiger partial charge is 0.337 e. The van der Waals surface area contributed by atoms with Crippen LogP contribution in [0.2, 0.25) is 5.02 Å². The average Bonchev–Trinajstić information content (AvgIpc) is 2.54. The number of carbonyl (C=O) groups is 1. The summed E-state index contributed by atoms with van der Waals surface area (Å²) >= 11 is 6.03. The van der Waals surface area contributed by atoms with Gasteiger partial charge in [0.05, 0.1) is 23.9 Å². The fourth-order valence-corrected chi connectivity index (χ4v) is 4.08. The van der Waals surface area contributed by atoms with Crippen LogP contribution in [-0.4, -0.2) is 29.4 Å². The molecule has 2 N–H and O–H groups in total. The molecule has 0 bridgehead atoms. The predicted molar refractivity (Wildman–Crippen MR) is 107 cm³/mol. The highest BCUT2D eigenvalue weighted by Crippen LogP contribution is 2.43. The third kappa shape index (κ3) is 4.06. The van der Waals surface area contributed by atoms with Crippen LogP contribution in [0.5, 0.6) is 0 Å². The van der Waals surface area contributed by atoms with Crippen molar-refractivity contribution in [2.24, 2.45) is 0 Å². The maximum Gasteiger partial charge on any atom is 0.337 e. The molecule has 0 aliphatic heterocycles. The number of para-hydroxylation sites is 1. The molecule has 0 radical (unpaired) electrons. The van der Waals surface area contributed by atoms with E-state index in [0.29, 0.717) is 33.6 Å². The van der Waals surface area contributed by atoms with Gasteiger partial charge in [0.1, 0.15) is 0 Å². The number of nitrogens with one attached hydrogen (secondary N) is 1. The summed E-state index contributed by atoms with van der Waals surface area (Å²) in [7, 11) is -2.39. The minimum Gasteiger partial charge on any atom is -0.478 e. The van der Waals surface area contributed by atoms with Gasteiger partial charge < -0.3 is 15.0 Å². The molecule has 0 aliphatic rings. The summed E-state index contributed by atoms with van der Waals surface area (Å²) in [4.78, 5) is 16.0. The van der Waals surface area contributed by atoms with Crippen molar-refractivity contribution in [3.63, 3.8) is 0 Å². The number of aromatic nitrogens is 1. The zero-order valence-corrected chi connectivity index (χ0v) is 16.0. The molecular formula is C19H18ClN2O3P. The average molecular weight is 389 g/mol. The molecule has 26 heavy (non-hydrogen) atoms. The summed E-state index contributed by atoms with van der Waals surface area (Å²) < 4.78 is 12.3. The normalized spacial score (nSPS) is 11.5. The molecular weight excluding hydrogens is 371 g/mol. The second kappa shape index (κ2) is 7.10. The van der Waals surface area contributed by atoms with Crippen LogP contribution < -0.4 is 5.32 Å². The van der Waals surface area contributed by atoms with E-state index in [1.165, 1.54) is 6.07 Å². The van der Waals surface area contributed by atoms with Crippen molar-refractivity contribution in [2.75, 3.05) is 18.6 Å². The minimum atomic E-state index is -2.39. The Kier molecular flexibility index (Phi) is 5.03. The van der Waals surface area contributed by atoms with E-state index in [4.69, 9.17) is 11.6 Å². The second-order valence-electron chi connectivity index (χ2n) is 6.52. The lowest BCUT2D eigenvalue weighted by atomic mass is 10.1. The first-order valence-electron chi connectivity index (χ1n) is 7.95. The van der Waals surface area contributed by atoms with Crippen molar-refractivity contribution in [3.05, 3.63) is 64.8 Å². The van der Waals surface area contributed by atoms with Crippen molar-refractivity contribution in [1.29, 1.82) is 0 Å². The maximum atomic E-state index is 12.3. The van der Waals surface area contributed by atoms with Crippen molar-refractivity contribution in [2.45, 2.75) is 6.16 Å². The van der Waals surface area contributed by atoms with Gasteiger partial charge in [0, 0.05) is 28.5 Å². The number of halogens is 1. The summed E-state index contributed by atoms with van der Waals surface area (Å²) in [6.45, 7) is 3.38. The molecule has 3 aromatic rings. The Labute approximate surface area is 156 Å². The molecule has 0 saturated heterocycles. The van der Waals surface area contributed by atoms with Crippen molar-refractivity contribution >= 4 is 47.0 Å². The number of anilines is 2. The van der Waals surface area contributed by atoms with Gasteiger partial charge in [0.25, 0.3) is 0 Å². The lowest BCUT2D eigenvalue weighted by molar-refractivity contribution is 0.0698. The number of hydrogen-bond acceptors (Lipinski definition) is 4. The van der Waals surface area contributed by atoms with Crippen LogP contribution in [0, 0.1) is 0 Å². The summed E-state index contributed by atoms with van der Waals surface area (Å²) in [6.07, 6.45) is 1.94. The monoisotopic (exact) mass is 388 g/mol. The predicted octanol–water partition coefficient (Wildman–Crippen LogP) is 5.45. The van der Waals surface area contributed by atoms with Crippen LogP contribution in [0.25, 0.3) is 10.9 Å². The Morgan fingerprint density at radius 3 is 2.69 bits per heavy atom. The highest BCUT2D eigenvalue weighted by Gasteiger charge is 2.19. The first-order chi connectivity index (χ1) is 12.2. The molecule has 5 nitrogen and oxygen atoms in total. The fourth-order valence-electron chi connectivity index (χ4n) is 2.83. The van der Waals surface area contributed by atoms with E-state index in [9.17, 15) is 14.5 Å². The van der Waals surface area contributed by atoms with Gasteiger partial charge in [-0.3, -0.25) is 4.98 Å². The Bertz CT molecular complexity index is 1050. The number of rotatable bonds is 5. The fraction of sp³-hybridized carbons (Fsp3) is 0.158. The molecule has 7 heteroatoms. The number of nitrogens with zero attached hydrogens (tertiary/aromatic N) is 1. The Morgan fingerprint density at radius 2 is 2.00 bits per heavy atom. The lowest BCUT2D eigenvalue weighted by Crippen LogP contribution is -2.06. The Morgan fingerprint density at radius 1 is 1.23 bits per heavy atom. The molecule has 0 amide bonds. The molecule has 1 aromatic heterocycles. The van der Waals surface area contributed by atoms with Crippen LogP contribution in [0.4, 0.5) is 11.4 Å². The van der Waals surface area contributed by atoms with Crippen LogP contribution in [0.15, 0.2) is 48.7 Å². The summed E-state index contributed by atoms with van der Waals surface area (Å²) in [5, 5.41) is 14.2. The maximum absolute atomic E-state index is 12.3. The molecule has 0 aliphatic carbocycles. The topological polar surface area (TPSA) is 79.3 Å². The number of aromatic carboxylic acids is 1. The van der Waals surface area contributed by atoms with E-state index in [0.717, 1.165) is 5.39 Å². The SMILES string of the molecule is CP(C)(=O)Cc1cccc(C(=O)O)c1Nc1ccnc2cc(Cl)ccc12. The van der Waals surface area contributed by atoms with Gasteiger partial charge in [0.2, 0.25) is 0 Å². The van der Waals surface area contributed by atoms with Gasteiger partial charge >= 0.3 is 5.97 Å². The van der Waals surface area contributed by atoms with E-state index >= 15 is 0 Å². The van der Waals surface area contributed by atoms with Crippen LogP contribution in [-0.2, 0) is 10.7 Å². The Hall–Kier alpha value is -2.36. The van der Waals surface area contributed by atoms with Gasteiger partial charge in [-0.1, -0.05) is 23.7 Å². The van der Waals surface area contributed by atoms with Gasteiger partial charge in [-0.25, -0.2) is 4.79 Å². The van der Waals surface area contributed by atoms with E-state index < -0.39 is 13.1 Å². The van der Waals surface area contributed by atoms with Crippen LogP contribution in [0.3, 0.4) is 0 Å². The molecule has 0 fully saturated rings. The summed E-state index contributed by atoms with van der Waals surface area (Å²) in [5.41, 5.74) is 2.70. The largest absolute Gasteiger partial charge is 0.478 e. The van der Waals surface area contributed by atoms with Crippen molar-refractivity contribution in [1.82, 2.24) is 4.98 Å². The van der Waals surface area contributed by atoms with E-state index in [-0.39, 0.29) is 5.56 Å². The number of pyridine rings is 1. The molecule has 134 valence electrons. The molecule has 0 atom stereocenters. The zero-order valence-electron chi connectivity index (χ0n) is 14.4. The molecule has 0 unspecified atom stereocenters. The van der Waals surface area contributed by atoms with E-state index in [2.05, 4.69) is 10.3 Å². The number of carboxylic acid groups (broad SMARTS) is 1. The molecule has 1 heterocycles. The number of carboxylic acids is 1. The molecule has 2 aromatic carbocycles. The Balaban J connectivity index is 2.15. The first kappa shape index (κ1) is 18.4. The van der Waals surface area contributed by atoms with Crippen LogP contribution in [0.1, 0.15) is 15.9 Å². The van der Waals surface area contributed by atoms with Gasteiger partial charge in [-0.15, -0.1) is 0 Å². The summed E-state index contributed by atoms with van der Waals surface area (Å²) in [5.74, 6) is -1.04. The van der Waals surface area contributed by atoms with Gasteiger partial charge in [0.15, 0.2) is 0 Å². The zero-order chi connectivity index (χ0) is 18.9. The molecule has 0 saturated carbocycles. The first-order valence-corrected chi connectivity index (χ1v) is 11.1. The number of fused-ring (bicyclic) bond motifs is 1. The van der Waals surface area contributed by atoms with Gasteiger partial charge in [-0.05, 0) is 49.2 Å². The molecule has 3 rings (SSSR count). The quantitative estimate of drug-likeness (QED) is 0.568. The van der Waals surface area contributed by atoms with E-state index in [1.54, 1.807) is 49.9 Å². The lowest BCUT2D eigenvalue weighted by Gasteiger charge is -2.17. The second-order valence-corrected chi connectivity index (χ2v) is 10.4. The van der Waals surface area contributed by atoms with Crippen molar-refractivity contribution in [3.8, 4) is 0 Å². The molecule has 0 spiro atoms. The van der Waals surface area contributed by atoms with E-state index in [1.807, 2.05) is 6.07 Å². The highest BCUT2D eigenvalue weighted by atomic mass is 35.5. The number of hydrogen-bond donors (Lipinski definition) is 2. The van der Waals surface area contributed by atoms with Gasteiger partial charge in [-0.2, -0.15) is 0 Å². The minimum absolute atomic E-state index is 0.134. The third-order valence-electron chi connectivity index (χ3n) is 3.90. The third-order valence-corrected chi connectivity index (χ3v) is 5.23. The highest BCUT2D eigenvalue weighted by molar-refractivity contribution is 7.61.